The Morgan fingerprint density at radius 3 is 2.53 bits per heavy atom. The SMILES string of the molecule is C=C1CC(C(=O)N[C@@H](c2ccc3ccc(-c4ccccc4)nc3c2)c2nccnc2Cl)C1. The number of carbonyl (C=O) groups is 1. The zero-order chi connectivity index (χ0) is 22.1. The highest BCUT2D eigenvalue weighted by Crippen LogP contribution is 2.34. The van der Waals surface area contributed by atoms with Gasteiger partial charge in [-0.15, -0.1) is 0 Å². The zero-order valence-electron chi connectivity index (χ0n) is 17.3. The summed E-state index contributed by atoms with van der Waals surface area (Å²) in [5.41, 5.74) is 5.24. The molecule has 5 rings (SSSR count). The van der Waals surface area contributed by atoms with E-state index >= 15 is 0 Å². The summed E-state index contributed by atoms with van der Waals surface area (Å²) in [6, 6.07) is 19.5. The van der Waals surface area contributed by atoms with Crippen molar-refractivity contribution in [1.29, 1.82) is 0 Å². The molecule has 1 aliphatic carbocycles. The van der Waals surface area contributed by atoms with Gasteiger partial charge in [-0.1, -0.05) is 72.3 Å². The number of carbonyl (C=O) groups excluding carboxylic acids is 1. The van der Waals surface area contributed by atoms with Crippen molar-refractivity contribution in [1.82, 2.24) is 20.3 Å². The van der Waals surface area contributed by atoms with Gasteiger partial charge in [-0.3, -0.25) is 9.78 Å². The largest absolute Gasteiger partial charge is 0.343 e. The Hall–Kier alpha value is -3.57. The molecule has 0 saturated heterocycles. The predicted molar refractivity (Wildman–Crippen MR) is 126 cm³/mol. The summed E-state index contributed by atoms with van der Waals surface area (Å²) >= 11 is 6.37. The fourth-order valence-corrected chi connectivity index (χ4v) is 4.22. The van der Waals surface area contributed by atoms with Crippen LogP contribution >= 0.6 is 11.6 Å². The summed E-state index contributed by atoms with van der Waals surface area (Å²) in [6.07, 6.45) is 4.55. The van der Waals surface area contributed by atoms with E-state index in [1.54, 1.807) is 6.20 Å². The van der Waals surface area contributed by atoms with Crippen molar-refractivity contribution >= 4 is 28.4 Å². The average Bonchev–Trinajstić information content (AvgIpc) is 2.81. The number of amides is 1. The number of halogens is 1. The van der Waals surface area contributed by atoms with Gasteiger partial charge < -0.3 is 5.32 Å². The highest BCUT2D eigenvalue weighted by molar-refractivity contribution is 6.30. The molecule has 0 radical (unpaired) electrons. The molecule has 1 aliphatic rings. The Bertz CT molecular complexity index is 1310. The second-order valence-corrected chi connectivity index (χ2v) is 8.40. The topological polar surface area (TPSA) is 67.8 Å². The maximum Gasteiger partial charge on any atom is 0.224 e. The first-order chi connectivity index (χ1) is 15.6. The van der Waals surface area contributed by atoms with E-state index in [0.29, 0.717) is 18.5 Å². The molecule has 1 saturated carbocycles. The first kappa shape index (κ1) is 20.3. The molecule has 32 heavy (non-hydrogen) atoms. The molecule has 1 fully saturated rings. The number of hydrogen-bond donors (Lipinski definition) is 1. The molecule has 2 aromatic heterocycles. The normalized spacial score (nSPS) is 14.7. The van der Waals surface area contributed by atoms with Crippen LogP contribution in [0.15, 0.2) is 85.2 Å². The molecule has 2 aromatic carbocycles. The van der Waals surface area contributed by atoms with Gasteiger partial charge in [-0.2, -0.15) is 0 Å². The Morgan fingerprint density at radius 1 is 1.03 bits per heavy atom. The van der Waals surface area contributed by atoms with Crippen LogP contribution in [0.5, 0.6) is 0 Å². The van der Waals surface area contributed by atoms with E-state index < -0.39 is 6.04 Å². The fourth-order valence-electron chi connectivity index (χ4n) is 4.00. The van der Waals surface area contributed by atoms with Crippen LogP contribution in [0.1, 0.15) is 30.1 Å². The summed E-state index contributed by atoms with van der Waals surface area (Å²) < 4.78 is 0. The van der Waals surface area contributed by atoms with E-state index in [9.17, 15) is 4.79 Å². The summed E-state index contributed by atoms with van der Waals surface area (Å²) in [4.78, 5) is 26.3. The van der Waals surface area contributed by atoms with Crippen molar-refractivity contribution in [3.8, 4) is 11.3 Å². The fraction of sp³-hybridized carbons (Fsp3) is 0.154. The van der Waals surface area contributed by atoms with E-state index in [1.807, 2.05) is 54.6 Å². The number of aromatic nitrogens is 3. The first-order valence-corrected chi connectivity index (χ1v) is 10.9. The maximum atomic E-state index is 12.9. The van der Waals surface area contributed by atoms with Gasteiger partial charge >= 0.3 is 0 Å². The minimum atomic E-state index is -0.524. The molecule has 0 spiro atoms. The Balaban J connectivity index is 1.55. The Kier molecular flexibility index (Phi) is 5.41. The summed E-state index contributed by atoms with van der Waals surface area (Å²) in [5.74, 6) is -0.0982. The number of rotatable bonds is 5. The van der Waals surface area contributed by atoms with Gasteiger partial charge in [0.2, 0.25) is 5.91 Å². The van der Waals surface area contributed by atoms with Crippen LogP contribution in [-0.4, -0.2) is 20.9 Å². The van der Waals surface area contributed by atoms with Crippen molar-refractivity contribution in [2.45, 2.75) is 18.9 Å². The van der Waals surface area contributed by atoms with Crippen molar-refractivity contribution in [2.75, 3.05) is 0 Å². The van der Waals surface area contributed by atoms with Crippen LogP contribution in [0.3, 0.4) is 0 Å². The molecule has 2 heterocycles. The van der Waals surface area contributed by atoms with Crippen molar-refractivity contribution in [3.05, 3.63) is 102 Å². The molecule has 0 bridgehead atoms. The number of fused-ring (bicyclic) bond motifs is 1. The number of allylic oxidation sites excluding steroid dienone is 1. The van der Waals surface area contributed by atoms with Gasteiger partial charge in [-0.25, -0.2) is 9.97 Å². The third kappa shape index (κ3) is 3.99. The van der Waals surface area contributed by atoms with Crippen molar-refractivity contribution in [2.24, 2.45) is 5.92 Å². The van der Waals surface area contributed by atoms with Crippen LogP contribution in [0.25, 0.3) is 22.2 Å². The standard InChI is InChI=1S/C26H21ClN4O/c1-16-13-20(14-16)26(32)31-23(24-25(27)29-12-11-28-24)19-8-7-18-9-10-21(30-22(18)15-19)17-5-3-2-4-6-17/h2-12,15,20,23H,1,13-14H2,(H,31,32)/t23-/m0/s1. The zero-order valence-corrected chi connectivity index (χ0v) is 18.1. The van der Waals surface area contributed by atoms with Gasteiger partial charge in [-0.05, 0) is 30.5 Å². The van der Waals surface area contributed by atoms with E-state index in [1.165, 1.54) is 6.20 Å². The Morgan fingerprint density at radius 2 is 1.78 bits per heavy atom. The number of hydrogen-bond acceptors (Lipinski definition) is 4. The van der Waals surface area contributed by atoms with Crippen LogP contribution < -0.4 is 5.32 Å². The summed E-state index contributed by atoms with van der Waals surface area (Å²) in [7, 11) is 0. The van der Waals surface area contributed by atoms with Gasteiger partial charge in [0.05, 0.1) is 17.3 Å². The quantitative estimate of drug-likeness (QED) is 0.415. The number of nitrogens with one attached hydrogen (secondary N) is 1. The molecular weight excluding hydrogens is 420 g/mol. The molecule has 0 unspecified atom stereocenters. The van der Waals surface area contributed by atoms with E-state index in [-0.39, 0.29) is 17.0 Å². The molecule has 5 nitrogen and oxygen atoms in total. The minimum Gasteiger partial charge on any atom is -0.343 e. The Labute approximate surface area is 191 Å². The third-order valence-corrected chi connectivity index (χ3v) is 6.09. The lowest BCUT2D eigenvalue weighted by Gasteiger charge is -2.29. The van der Waals surface area contributed by atoms with Crippen molar-refractivity contribution in [3.63, 3.8) is 0 Å². The van der Waals surface area contributed by atoms with E-state index in [0.717, 1.165) is 33.3 Å². The van der Waals surface area contributed by atoms with Gasteiger partial charge in [0.25, 0.3) is 0 Å². The number of benzene rings is 2. The first-order valence-electron chi connectivity index (χ1n) is 10.5. The molecule has 1 amide bonds. The maximum absolute atomic E-state index is 12.9. The summed E-state index contributed by atoms with van der Waals surface area (Å²) in [6.45, 7) is 3.94. The molecular formula is C26H21ClN4O. The monoisotopic (exact) mass is 440 g/mol. The highest BCUT2D eigenvalue weighted by Gasteiger charge is 2.31. The molecule has 158 valence electrons. The van der Waals surface area contributed by atoms with Gasteiger partial charge in [0.15, 0.2) is 5.15 Å². The molecule has 6 heteroatoms. The molecule has 1 atom stereocenters. The van der Waals surface area contributed by atoms with Crippen LogP contribution in [0, 0.1) is 5.92 Å². The smallest absolute Gasteiger partial charge is 0.224 e. The second-order valence-electron chi connectivity index (χ2n) is 8.04. The van der Waals surface area contributed by atoms with Gasteiger partial charge in [0.1, 0.15) is 5.69 Å². The summed E-state index contributed by atoms with van der Waals surface area (Å²) in [5, 5.41) is 4.41. The predicted octanol–water partition coefficient (Wildman–Crippen LogP) is 5.52. The highest BCUT2D eigenvalue weighted by atomic mass is 35.5. The van der Waals surface area contributed by atoms with E-state index in [2.05, 4.69) is 27.9 Å². The third-order valence-electron chi connectivity index (χ3n) is 5.80. The second kappa shape index (κ2) is 8.52. The van der Waals surface area contributed by atoms with Crippen molar-refractivity contribution < 1.29 is 4.79 Å². The number of nitrogens with zero attached hydrogens (tertiary/aromatic N) is 3. The molecule has 0 aliphatic heterocycles. The van der Waals surface area contributed by atoms with Gasteiger partial charge in [0, 0.05) is 29.3 Å². The van der Waals surface area contributed by atoms with Crippen LogP contribution in [0.4, 0.5) is 0 Å². The number of pyridine rings is 1. The lowest BCUT2D eigenvalue weighted by molar-refractivity contribution is -0.126. The van der Waals surface area contributed by atoms with Crippen LogP contribution in [0.2, 0.25) is 5.15 Å². The molecule has 4 aromatic rings. The minimum absolute atomic E-state index is 0.0322. The lowest BCUT2D eigenvalue weighted by atomic mass is 9.80. The lowest BCUT2D eigenvalue weighted by Crippen LogP contribution is -2.38. The molecule has 1 N–H and O–H groups in total. The average molecular weight is 441 g/mol. The van der Waals surface area contributed by atoms with E-state index in [4.69, 9.17) is 16.6 Å². The van der Waals surface area contributed by atoms with Crippen LogP contribution in [-0.2, 0) is 4.79 Å².